The lowest BCUT2D eigenvalue weighted by molar-refractivity contribution is 0.117. The third-order valence-electron chi connectivity index (χ3n) is 3.68. The molecule has 0 fully saturated rings. The second-order valence-corrected chi connectivity index (χ2v) is 7.36. The molecule has 0 spiro atoms. The van der Waals surface area contributed by atoms with E-state index in [0.717, 1.165) is 6.42 Å². The summed E-state index contributed by atoms with van der Waals surface area (Å²) in [5.74, 6) is 0. The van der Waals surface area contributed by atoms with Crippen molar-refractivity contribution in [2.24, 2.45) is 5.41 Å². The van der Waals surface area contributed by atoms with E-state index >= 15 is 0 Å². The molecule has 0 saturated heterocycles. The zero-order valence-corrected chi connectivity index (χ0v) is 14.2. The lowest BCUT2D eigenvalue weighted by Gasteiger charge is -2.25. The fourth-order valence-corrected chi connectivity index (χ4v) is 3.07. The third-order valence-corrected chi connectivity index (χ3v) is 3.68. The SMILES string of the molecule is Cc1cc(C)c(C(C)NCC(O)CC(C)(C)C)c(C)c1. The normalized spacial score (nSPS) is 15.2. The van der Waals surface area contributed by atoms with Gasteiger partial charge in [0.05, 0.1) is 6.10 Å². The second-order valence-electron chi connectivity index (χ2n) is 7.36. The highest BCUT2D eigenvalue weighted by atomic mass is 16.3. The van der Waals surface area contributed by atoms with Gasteiger partial charge < -0.3 is 10.4 Å². The van der Waals surface area contributed by atoms with Crippen molar-refractivity contribution in [1.29, 1.82) is 0 Å². The zero-order valence-electron chi connectivity index (χ0n) is 14.2. The summed E-state index contributed by atoms with van der Waals surface area (Å²) in [5.41, 5.74) is 5.49. The van der Waals surface area contributed by atoms with E-state index in [2.05, 4.69) is 65.9 Å². The molecule has 0 aliphatic carbocycles. The average molecular weight is 277 g/mol. The zero-order chi connectivity index (χ0) is 15.5. The summed E-state index contributed by atoms with van der Waals surface area (Å²) in [5, 5.41) is 13.6. The molecule has 2 heteroatoms. The van der Waals surface area contributed by atoms with Crippen LogP contribution in [0.4, 0.5) is 0 Å². The van der Waals surface area contributed by atoms with Gasteiger partial charge in [0.2, 0.25) is 0 Å². The summed E-state index contributed by atoms with van der Waals surface area (Å²) in [6.07, 6.45) is 0.530. The van der Waals surface area contributed by atoms with Crippen LogP contribution in [0.2, 0.25) is 0 Å². The van der Waals surface area contributed by atoms with Crippen molar-refractivity contribution < 1.29 is 5.11 Å². The van der Waals surface area contributed by atoms with Crippen LogP contribution in [-0.2, 0) is 0 Å². The molecule has 2 nitrogen and oxygen atoms in total. The van der Waals surface area contributed by atoms with Crippen LogP contribution >= 0.6 is 0 Å². The van der Waals surface area contributed by atoms with Crippen LogP contribution in [0.1, 0.15) is 62.4 Å². The maximum absolute atomic E-state index is 10.1. The number of nitrogens with one attached hydrogen (secondary N) is 1. The lowest BCUT2D eigenvalue weighted by Crippen LogP contribution is -2.32. The molecular weight excluding hydrogens is 246 g/mol. The summed E-state index contributed by atoms with van der Waals surface area (Å²) >= 11 is 0. The topological polar surface area (TPSA) is 32.3 Å². The van der Waals surface area contributed by atoms with E-state index in [4.69, 9.17) is 0 Å². The second kappa shape index (κ2) is 6.73. The van der Waals surface area contributed by atoms with Crippen LogP contribution in [-0.4, -0.2) is 17.8 Å². The van der Waals surface area contributed by atoms with E-state index < -0.39 is 0 Å². The van der Waals surface area contributed by atoms with Gasteiger partial charge in [-0.1, -0.05) is 38.5 Å². The van der Waals surface area contributed by atoms with Crippen molar-refractivity contribution in [2.45, 2.75) is 67.0 Å². The van der Waals surface area contributed by atoms with Crippen LogP contribution < -0.4 is 5.32 Å². The summed E-state index contributed by atoms with van der Waals surface area (Å²) in [6, 6.07) is 4.73. The van der Waals surface area contributed by atoms with Crippen molar-refractivity contribution in [3.63, 3.8) is 0 Å². The average Bonchev–Trinajstić information content (AvgIpc) is 2.22. The molecule has 2 unspecified atom stereocenters. The Hall–Kier alpha value is -0.860. The first-order chi connectivity index (χ1) is 9.10. The van der Waals surface area contributed by atoms with Crippen molar-refractivity contribution in [2.75, 3.05) is 6.54 Å². The van der Waals surface area contributed by atoms with Gasteiger partial charge in [0.1, 0.15) is 0 Å². The van der Waals surface area contributed by atoms with E-state index in [0.29, 0.717) is 6.54 Å². The van der Waals surface area contributed by atoms with E-state index in [9.17, 15) is 5.11 Å². The first-order valence-corrected chi connectivity index (χ1v) is 7.59. The maximum Gasteiger partial charge on any atom is 0.0669 e. The van der Waals surface area contributed by atoms with Crippen molar-refractivity contribution in [3.05, 3.63) is 34.4 Å². The van der Waals surface area contributed by atoms with Crippen molar-refractivity contribution in [3.8, 4) is 0 Å². The van der Waals surface area contributed by atoms with Crippen LogP contribution in [0.3, 0.4) is 0 Å². The first kappa shape index (κ1) is 17.2. The summed E-state index contributed by atoms with van der Waals surface area (Å²) in [7, 11) is 0. The van der Waals surface area contributed by atoms with Gasteiger partial charge in [0.25, 0.3) is 0 Å². The van der Waals surface area contributed by atoms with Gasteiger partial charge in [-0.2, -0.15) is 0 Å². The molecule has 1 aromatic carbocycles. The van der Waals surface area contributed by atoms with Gasteiger partial charge >= 0.3 is 0 Å². The molecule has 0 aliphatic rings. The molecule has 0 bridgehead atoms. The Labute approximate surface area is 124 Å². The van der Waals surface area contributed by atoms with Gasteiger partial charge in [-0.3, -0.25) is 0 Å². The van der Waals surface area contributed by atoms with Gasteiger partial charge in [-0.15, -0.1) is 0 Å². The minimum Gasteiger partial charge on any atom is -0.392 e. The van der Waals surface area contributed by atoms with Gasteiger partial charge in [0, 0.05) is 12.6 Å². The lowest BCUT2D eigenvalue weighted by atomic mass is 9.89. The molecule has 2 N–H and O–H groups in total. The molecular formula is C18H31NO. The number of rotatable bonds is 5. The van der Waals surface area contributed by atoms with Crippen LogP contribution in [0, 0.1) is 26.2 Å². The standard InChI is InChI=1S/C18H31NO/c1-12-8-13(2)17(14(3)9-12)15(4)19-11-16(20)10-18(5,6)7/h8-9,15-16,19-20H,10-11H2,1-7H3. The Morgan fingerprint density at radius 1 is 1.10 bits per heavy atom. The molecule has 1 rings (SSSR count). The molecule has 0 aliphatic heterocycles. The monoisotopic (exact) mass is 277 g/mol. The number of hydrogen-bond acceptors (Lipinski definition) is 2. The molecule has 2 atom stereocenters. The Morgan fingerprint density at radius 2 is 1.60 bits per heavy atom. The largest absolute Gasteiger partial charge is 0.392 e. The molecule has 1 aromatic rings. The highest BCUT2D eigenvalue weighted by molar-refractivity contribution is 5.39. The quantitative estimate of drug-likeness (QED) is 0.850. The van der Waals surface area contributed by atoms with Crippen LogP contribution in [0.15, 0.2) is 12.1 Å². The number of aryl methyl sites for hydroxylation is 3. The summed E-state index contributed by atoms with van der Waals surface area (Å²) in [4.78, 5) is 0. The van der Waals surface area contributed by atoms with Crippen LogP contribution in [0.5, 0.6) is 0 Å². The molecule has 0 radical (unpaired) electrons. The number of benzene rings is 1. The highest BCUT2D eigenvalue weighted by Gasteiger charge is 2.18. The molecule has 0 amide bonds. The number of hydrogen-bond donors (Lipinski definition) is 2. The fourth-order valence-electron chi connectivity index (χ4n) is 3.07. The Balaban J connectivity index is 2.66. The summed E-state index contributed by atoms with van der Waals surface area (Å²) < 4.78 is 0. The smallest absolute Gasteiger partial charge is 0.0669 e. The van der Waals surface area contributed by atoms with Gasteiger partial charge in [0.15, 0.2) is 0 Å². The van der Waals surface area contributed by atoms with E-state index in [1.165, 1.54) is 22.3 Å². The predicted octanol–water partition coefficient (Wildman–Crippen LogP) is 4.06. The van der Waals surface area contributed by atoms with E-state index in [1.807, 2.05) is 0 Å². The Bertz CT molecular complexity index is 422. The minimum absolute atomic E-state index is 0.167. The minimum atomic E-state index is -0.288. The van der Waals surface area contributed by atoms with Crippen LogP contribution in [0.25, 0.3) is 0 Å². The first-order valence-electron chi connectivity index (χ1n) is 7.59. The highest BCUT2D eigenvalue weighted by Crippen LogP contribution is 2.24. The van der Waals surface area contributed by atoms with Crippen molar-refractivity contribution in [1.82, 2.24) is 5.32 Å². The summed E-state index contributed by atoms with van der Waals surface area (Å²) in [6.45, 7) is 15.8. The molecule has 0 saturated carbocycles. The van der Waals surface area contributed by atoms with Gasteiger partial charge in [-0.05, 0) is 56.2 Å². The Kier molecular flexibility index (Phi) is 5.79. The molecule has 114 valence electrons. The fraction of sp³-hybridized carbons (Fsp3) is 0.667. The molecule has 20 heavy (non-hydrogen) atoms. The van der Waals surface area contributed by atoms with E-state index in [1.54, 1.807) is 0 Å². The maximum atomic E-state index is 10.1. The number of aliphatic hydroxyl groups excluding tert-OH is 1. The molecule has 0 heterocycles. The third kappa shape index (κ3) is 5.26. The Morgan fingerprint density at radius 3 is 2.05 bits per heavy atom. The molecule has 0 aromatic heterocycles. The van der Waals surface area contributed by atoms with Crippen molar-refractivity contribution >= 4 is 0 Å². The van der Waals surface area contributed by atoms with E-state index in [-0.39, 0.29) is 17.6 Å². The van der Waals surface area contributed by atoms with Gasteiger partial charge in [-0.25, -0.2) is 0 Å². The predicted molar refractivity (Wildman–Crippen MR) is 87.1 cm³/mol. The number of aliphatic hydroxyl groups is 1.